The molecule has 4 aromatic rings. The smallest absolute Gasteiger partial charge is 0.266 e. The minimum Gasteiger partial charge on any atom is -0.493 e. The SMILES string of the molecule is O=c1c2ccccc2nc(SCCOc2ccc(Br)cc2)n1-c1ccc(F)cc1. The summed E-state index contributed by atoms with van der Waals surface area (Å²) in [4.78, 5) is 17.8. The van der Waals surface area contributed by atoms with Crippen LogP contribution in [-0.4, -0.2) is 21.9 Å². The highest BCUT2D eigenvalue weighted by molar-refractivity contribution is 9.10. The van der Waals surface area contributed by atoms with Crippen LogP contribution < -0.4 is 10.3 Å². The zero-order valence-electron chi connectivity index (χ0n) is 15.2. The number of hydrogen-bond donors (Lipinski definition) is 0. The quantitative estimate of drug-likeness (QED) is 0.213. The number of nitrogens with zero attached hydrogens (tertiary/aromatic N) is 2. The second kappa shape index (κ2) is 8.80. The third-order valence-corrected chi connectivity index (χ3v) is 5.66. The Labute approximate surface area is 179 Å². The predicted octanol–water partition coefficient (Wildman–Crippen LogP) is 5.46. The van der Waals surface area contributed by atoms with Gasteiger partial charge in [0.25, 0.3) is 5.56 Å². The third kappa shape index (κ3) is 4.52. The first kappa shape index (κ1) is 19.7. The Bertz CT molecular complexity index is 1190. The van der Waals surface area contributed by atoms with Crippen LogP contribution in [0.15, 0.2) is 87.2 Å². The van der Waals surface area contributed by atoms with Crippen molar-refractivity contribution in [2.45, 2.75) is 5.16 Å². The van der Waals surface area contributed by atoms with Crippen LogP contribution in [-0.2, 0) is 0 Å². The summed E-state index contributed by atoms with van der Waals surface area (Å²) in [5.41, 5.74) is 1.02. The van der Waals surface area contributed by atoms with Gasteiger partial charge in [-0.3, -0.25) is 9.36 Å². The highest BCUT2D eigenvalue weighted by Gasteiger charge is 2.13. The summed E-state index contributed by atoms with van der Waals surface area (Å²) in [6.07, 6.45) is 0. The molecule has 0 radical (unpaired) electrons. The van der Waals surface area contributed by atoms with Crippen LogP contribution in [0.5, 0.6) is 5.75 Å². The zero-order chi connectivity index (χ0) is 20.2. The van der Waals surface area contributed by atoms with Gasteiger partial charge in [-0.2, -0.15) is 0 Å². The first-order valence-electron chi connectivity index (χ1n) is 8.91. The molecule has 3 aromatic carbocycles. The molecule has 1 aromatic heterocycles. The molecule has 146 valence electrons. The number of para-hydroxylation sites is 1. The minimum absolute atomic E-state index is 0.182. The fourth-order valence-corrected chi connectivity index (χ4v) is 3.94. The highest BCUT2D eigenvalue weighted by atomic mass is 79.9. The summed E-state index contributed by atoms with van der Waals surface area (Å²) >= 11 is 4.82. The molecule has 0 saturated carbocycles. The van der Waals surface area contributed by atoms with Gasteiger partial charge in [0.2, 0.25) is 0 Å². The van der Waals surface area contributed by atoms with Crippen LogP contribution in [0, 0.1) is 5.82 Å². The Morgan fingerprint density at radius 1 is 1.00 bits per heavy atom. The molecule has 0 unspecified atom stereocenters. The van der Waals surface area contributed by atoms with E-state index in [4.69, 9.17) is 4.74 Å². The van der Waals surface area contributed by atoms with Crippen LogP contribution >= 0.6 is 27.7 Å². The molecule has 0 spiro atoms. The number of thioether (sulfide) groups is 1. The van der Waals surface area contributed by atoms with Crippen LogP contribution in [0.4, 0.5) is 4.39 Å². The van der Waals surface area contributed by atoms with Crippen molar-refractivity contribution in [1.29, 1.82) is 0 Å². The molecule has 0 fully saturated rings. The van der Waals surface area contributed by atoms with E-state index in [1.54, 1.807) is 24.3 Å². The lowest BCUT2D eigenvalue weighted by molar-refractivity contribution is 0.344. The standard InChI is InChI=1S/C22H16BrFN2O2S/c23-15-5-11-18(12-6-15)28-13-14-29-22-25-20-4-2-1-3-19(20)21(27)26(22)17-9-7-16(24)8-10-17/h1-12H,13-14H2. The Kier molecular flexibility index (Phi) is 5.97. The van der Waals surface area contributed by atoms with Gasteiger partial charge in [-0.25, -0.2) is 9.37 Å². The summed E-state index contributed by atoms with van der Waals surface area (Å²) in [7, 11) is 0. The molecule has 0 aliphatic carbocycles. The second-order valence-corrected chi connectivity index (χ2v) is 8.16. The highest BCUT2D eigenvalue weighted by Crippen LogP contribution is 2.22. The average molecular weight is 471 g/mol. The van der Waals surface area contributed by atoms with Gasteiger partial charge in [0.05, 0.1) is 23.2 Å². The van der Waals surface area contributed by atoms with Crippen molar-refractivity contribution >= 4 is 38.6 Å². The van der Waals surface area contributed by atoms with Crippen LogP contribution in [0.2, 0.25) is 0 Å². The maximum atomic E-state index is 13.4. The normalized spacial score (nSPS) is 11.0. The molecule has 0 aliphatic heterocycles. The van der Waals surface area contributed by atoms with E-state index >= 15 is 0 Å². The molecular weight excluding hydrogens is 455 g/mol. The van der Waals surface area contributed by atoms with Gasteiger partial charge in [0, 0.05) is 10.2 Å². The van der Waals surface area contributed by atoms with E-state index in [0.717, 1.165) is 10.2 Å². The van der Waals surface area contributed by atoms with Gasteiger partial charge in [-0.1, -0.05) is 39.8 Å². The molecule has 0 aliphatic rings. The average Bonchev–Trinajstić information content (AvgIpc) is 2.74. The number of halogens is 2. The number of fused-ring (bicyclic) bond motifs is 1. The largest absolute Gasteiger partial charge is 0.493 e. The van der Waals surface area contributed by atoms with Gasteiger partial charge < -0.3 is 4.74 Å². The van der Waals surface area contributed by atoms with E-state index < -0.39 is 0 Å². The molecule has 0 saturated heterocycles. The van der Waals surface area contributed by atoms with E-state index in [1.807, 2.05) is 36.4 Å². The Balaban J connectivity index is 1.61. The first-order valence-corrected chi connectivity index (χ1v) is 10.7. The topological polar surface area (TPSA) is 44.1 Å². The van der Waals surface area contributed by atoms with Crippen molar-refractivity contribution < 1.29 is 9.13 Å². The molecule has 4 nitrogen and oxygen atoms in total. The summed E-state index contributed by atoms with van der Waals surface area (Å²) in [6.45, 7) is 0.457. The predicted molar refractivity (Wildman–Crippen MR) is 118 cm³/mol. The second-order valence-electron chi connectivity index (χ2n) is 6.18. The summed E-state index contributed by atoms with van der Waals surface area (Å²) < 4.78 is 21.6. The van der Waals surface area contributed by atoms with Crippen molar-refractivity contribution in [3.63, 3.8) is 0 Å². The Morgan fingerprint density at radius 3 is 2.48 bits per heavy atom. The fourth-order valence-electron chi connectivity index (χ4n) is 2.85. The third-order valence-electron chi connectivity index (χ3n) is 4.23. The maximum Gasteiger partial charge on any atom is 0.266 e. The molecule has 29 heavy (non-hydrogen) atoms. The van der Waals surface area contributed by atoms with Crippen molar-refractivity contribution in [2.24, 2.45) is 0 Å². The van der Waals surface area contributed by atoms with Crippen LogP contribution in [0.3, 0.4) is 0 Å². The molecule has 0 atom stereocenters. The first-order chi connectivity index (χ1) is 14.1. The molecule has 7 heteroatoms. The Hall–Kier alpha value is -2.64. The van der Waals surface area contributed by atoms with Crippen molar-refractivity contribution in [1.82, 2.24) is 9.55 Å². The van der Waals surface area contributed by atoms with E-state index in [0.29, 0.717) is 34.1 Å². The van der Waals surface area contributed by atoms with Crippen molar-refractivity contribution in [3.8, 4) is 11.4 Å². The molecule has 1 heterocycles. The summed E-state index contributed by atoms with van der Waals surface area (Å²) in [6, 6.07) is 20.6. The molecular formula is C22H16BrFN2O2S. The molecule has 0 bridgehead atoms. The van der Waals surface area contributed by atoms with Crippen molar-refractivity contribution in [3.05, 3.63) is 93.4 Å². The molecule has 0 amide bonds. The fraction of sp³-hybridized carbons (Fsp3) is 0.0909. The Morgan fingerprint density at radius 2 is 1.72 bits per heavy atom. The molecule has 0 N–H and O–H groups in total. The number of ether oxygens (including phenoxy) is 1. The summed E-state index contributed by atoms with van der Waals surface area (Å²) in [5.74, 6) is 1.02. The van der Waals surface area contributed by atoms with Gasteiger partial charge in [-0.05, 0) is 60.7 Å². The lowest BCUT2D eigenvalue weighted by Crippen LogP contribution is -2.22. The van der Waals surface area contributed by atoms with Crippen molar-refractivity contribution in [2.75, 3.05) is 12.4 Å². The number of aromatic nitrogens is 2. The lowest BCUT2D eigenvalue weighted by Gasteiger charge is -2.13. The monoisotopic (exact) mass is 470 g/mol. The van der Waals surface area contributed by atoms with E-state index in [1.165, 1.54) is 28.5 Å². The van der Waals surface area contributed by atoms with Gasteiger partial charge >= 0.3 is 0 Å². The number of hydrogen-bond acceptors (Lipinski definition) is 4. The van der Waals surface area contributed by atoms with Gasteiger partial charge in [-0.15, -0.1) is 0 Å². The van der Waals surface area contributed by atoms with Crippen LogP contribution in [0.25, 0.3) is 16.6 Å². The van der Waals surface area contributed by atoms with E-state index in [9.17, 15) is 9.18 Å². The summed E-state index contributed by atoms with van der Waals surface area (Å²) in [5, 5.41) is 1.06. The lowest BCUT2D eigenvalue weighted by atomic mass is 10.2. The number of rotatable bonds is 6. The van der Waals surface area contributed by atoms with Gasteiger partial charge in [0.1, 0.15) is 11.6 Å². The molecule has 4 rings (SSSR count). The van der Waals surface area contributed by atoms with Crippen LogP contribution in [0.1, 0.15) is 0 Å². The van der Waals surface area contributed by atoms with Gasteiger partial charge in [0.15, 0.2) is 5.16 Å². The maximum absolute atomic E-state index is 13.4. The van der Waals surface area contributed by atoms with E-state index in [-0.39, 0.29) is 11.4 Å². The van der Waals surface area contributed by atoms with E-state index in [2.05, 4.69) is 20.9 Å². The zero-order valence-corrected chi connectivity index (χ0v) is 17.6. The number of benzene rings is 3. The minimum atomic E-state index is -0.354.